The predicted octanol–water partition coefficient (Wildman–Crippen LogP) is 2.17. The number of oxazole rings is 1. The number of benzene rings is 1. The van der Waals surface area contributed by atoms with Crippen LogP contribution in [-0.4, -0.2) is 27.0 Å². The second-order valence-electron chi connectivity index (χ2n) is 6.82. The van der Waals surface area contributed by atoms with E-state index >= 15 is 0 Å². The summed E-state index contributed by atoms with van der Waals surface area (Å²) in [6.07, 6.45) is 2.92. The molecule has 0 aliphatic heterocycles. The van der Waals surface area contributed by atoms with Crippen LogP contribution in [-0.2, 0) is 17.8 Å². The first-order chi connectivity index (χ1) is 14.5. The van der Waals surface area contributed by atoms with Crippen LogP contribution in [0.3, 0.4) is 0 Å². The summed E-state index contributed by atoms with van der Waals surface area (Å²) in [5.74, 6) is 0.0211. The number of unbranched alkanes of at least 4 members (excludes halogenated alkanes) is 1. The molecular formula is C21H25N5O4. The lowest BCUT2D eigenvalue weighted by Crippen LogP contribution is -2.41. The molecule has 0 saturated heterocycles. The maximum absolute atomic E-state index is 13.0. The van der Waals surface area contributed by atoms with Crippen molar-refractivity contribution in [1.29, 1.82) is 0 Å². The summed E-state index contributed by atoms with van der Waals surface area (Å²) in [4.78, 5) is 45.4. The molecule has 30 heavy (non-hydrogen) atoms. The number of carbonyl (C=O) groups is 1. The standard InChI is InChI=1S/C21H25N5O4/c1-3-5-11-26-18(22)17(19(28)24-21(26)29)25(4-2)16(27)12-15-13-30-20(23-15)14-9-7-6-8-10-14/h6-10,13H,3-5,11-12,22H2,1-2H3,(H,24,28,29). The van der Waals surface area contributed by atoms with Gasteiger partial charge in [0, 0.05) is 18.7 Å². The molecule has 0 radical (unpaired) electrons. The Kier molecular flexibility index (Phi) is 6.51. The number of nitrogen functional groups attached to an aromatic ring is 1. The second-order valence-corrected chi connectivity index (χ2v) is 6.82. The molecule has 2 heterocycles. The Morgan fingerprint density at radius 1 is 1.23 bits per heavy atom. The molecule has 1 amide bonds. The Morgan fingerprint density at radius 2 is 1.97 bits per heavy atom. The zero-order chi connectivity index (χ0) is 21.7. The van der Waals surface area contributed by atoms with E-state index in [0.717, 1.165) is 18.4 Å². The van der Waals surface area contributed by atoms with Gasteiger partial charge < -0.3 is 15.1 Å². The van der Waals surface area contributed by atoms with Gasteiger partial charge in [-0.2, -0.15) is 0 Å². The Morgan fingerprint density at radius 3 is 2.63 bits per heavy atom. The van der Waals surface area contributed by atoms with Gasteiger partial charge in [0.2, 0.25) is 11.8 Å². The molecule has 0 aliphatic rings. The molecule has 3 rings (SSSR count). The number of aromatic nitrogens is 3. The maximum Gasteiger partial charge on any atom is 0.330 e. The van der Waals surface area contributed by atoms with E-state index in [0.29, 0.717) is 18.1 Å². The maximum atomic E-state index is 13.0. The average molecular weight is 411 g/mol. The number of hydrogen-bond donors (Lipinski definition) is 2. The highest BCUT2D eigenvalue weighted by Crippen LogP contribution is 2.21. The summed E-state index contributed by atoms with van der Waals surface area (Å²) >= 11 is 0. The fourth-order valence-corrected chi connectivity index (χ4v) is 3.19. The molecule has 0 unspecified atom stereocenters. The number of nitrogens with zero attached hydrogens (tertiary/aromatic N) is 3. The molecule has 0 spiro atoms. The van der Waals surface area contributed by atoms with Crippen molar-refractivity contribution >= 4 is 17.4 Å². The molecule has 0 aliphatic carbocycles. The van der Waals surface area contributed by atoms with Gasteiger partial charge in [-0.3, -0.25) is 19.1 Å². The number of likely N-dealkylation sites (N-methyl/N-ethyl adjacent to an activating group) is 1. The third kappa shape index (κ3) is 4.35. The van der Waals surface area contributed by atoms with Gasteiger partial charge in [0.15, 0.2) is 5.69 Å². The highest BCUT2D eigenvalue weighted by atomic mass is 16.3. The summed E-state index contributed by atoms with van der Waals surface area (Å²) < 4.78 is 6.77. The van der Waals surface area contributed by atoms with Gasteiger partial charge in [0.1, 0.15) is 12.1 Å². The lowest BCUT2D eigenvalue weighted by Gasteiger charge is -2.22. The van der Waals surface area contributed by atoms with Crippen LogP contribution in [0.25, 0.3) is 11.5 Å². The Bertz CT molecular complexity index is 1130. The Balaban J connectivity index is 1.88. The molecule has 9 heteroatoms. The number of nitrogens with one attached hydrogen (secondary N) is 1. The van der Waals surface area contributed by atoms with Gasteiger partial charge in [0.05, 0.1) is 12.1 Å². The molecule has 2 aromatic heterocycles. The van der Waals surface area contributed by atoms with Crippen LogP contribution in [0.2, 0.25) is 0 Å². The highest BCUT2D eigenvalue weighted by molar-refractivity contribution is 5.96. The fourth-order valence-electron chi connectivity index (χ4n) is 3.19. The monoisotopic (exact) mass is 411 g/mol. The number of carbonyl (C=O) groups excluding carboxylic acids is 1. The van der Waals surface area contributed by atoms with Gasteiger partial charge in [0.25, 0.3) is 5.56 Å². The molecule has 1 aromatic carbocycles. The topological polar surface area (TPSA) is 127 Å². The lowest BCUT2D eigenvalue weighted by molar-refractivity contribution is -0.118. The molecular weight excluding hydrogens is 386 g/mol. The van der Waals surface area contributed by atoms with Crippen LogP contribution in [0, 0.1) is 0 Å². The van der Waals surface area contributed by atoms with E-state index in [1.807, 2.05) is 37.3 Å². The fraction of sp³-hybridized carbons (Fsp3) is 0.333. The number of nitrogens with two attached hydrogens (primary N) is 1. The Labute approximate surface area is 173 Å². The van der Waals surface area contributed by atoms with Gasteiger partial charge in [-0.15, -0.1) is 0 Å². The summed E-state index contributed by atoms with van der Waals surface area (Å²) in [6, 6.07) is 9.33. The van der Waals surface area contributed by atoms with E-state index in [-0.39, 0.29) is 30.4 Å². The minimum absolute atomic E-state index is 0.0162. The number of rotatable bonds is 8. The van der Waals surface area contributed by atoms with Crippen LogP contribution >= 0.6 is 0 Å². The van der Waals surface area contributed by atoms with Crippen LogP contribution in [0.4, 0.5) is 11.5 Å². The normalized spacial score (nSPS) is 10.9. The van der Waals surface area contributed by atoms with Crippen LogP contribution in [0.5, 0.6) is 0 Å². The third-order valence-electron chi connectivity index (χ3n) is 4.74. The number of amides is 1. The first-order valence-electron chi connectivity index (χ1n) is 9.89. The van der Waals surface area contributed by atoms with Crippen molar-refractivity contribution < 1.29 is 9.21 Å². The predicted molar refractivity (Wildman–Crippen MR) is 114 cm³/mol. The van der Waals surface area contributed by atoms with E-state index < -0.39 is 11.2 Å². The van der Waals surface area contributed by atoms with Crippen molar-refractivity contribution in [3.05, 3.63) is 63.1 Å². The average Bonchev–Trinajstić information content (AvgIpc) is 3.20. The number of aromatic amines is 1. The molecule has 0 fully saturated rings. The summed E-state index contributed by atoms with van der Waals surface area (Å²) in [7, 11) is 0. The zero-order valence-electron chi connectivity index (χ0n) is 17.1. The molecule has 0 atom stereocenters. The lowest BCUT2D eigenvalue weighted by atomic mass is 10.2. The molecule has 0 bridgehead atoms. The first-order valence-corrected chi connectivity index (χ1v) is 9.89. The van der Waals surface area contributed by atoms with Crippen molar-refractivity contribution in [3.63, 3.8) is 0 Å². The molecule has 0 saturated carbocycles. The summed E-state index contributed by atoms with van der Waals surface area (Å²) in [5.41, 5.74) is 6.07. The molecule has 3 aromatic rings. The first kappa shape index (κ1) is 21.1. The number of hydrogen-bond acceptors (Lipinski definition) is 6. The quantitative estimate of drug-likeness (QED) is 0.585. The van der Waals surface area contributed by atoms with Crippen molar-refractivity contribution in [2.24, 2.45) is 0 Å². The SMILES string of the molecule is CCCCn1c(N)c(N(CC)C(=O)Cc2coc(-c3ccccc3)n2)c(=O)[nH]c1=O. The highest BCUT2D eigenvalue weighted by Gasteiger charge is 2.24. The number of anilines is 2. The smallest absolute Gasteiger partial charge is 0.330 e. The van der Waals surface area contributed by atoms with Gasteiger partial charge in [-0.05, 0) is 25.5 Å². The minimum atomic E-state index is -0.689. The van der Waals surface area contributed by atoms with Crippen LogP contribution in [0.15, 0.2) is 50.6 Å². The third-order valence-corrected chi connectivity index (χ3v) is 4.74. The Hall–Kier alpha value is -3.62. The summed E-state index contributed by atoms with van der Waals surface area (Å²) in [6.45, 7) is 4.29. The second kappa shape index (κ2) is 9.25. The van der Waals surface area contributed by atoms with Gasteiger partial charge in [-0.25, -0.2) is 9.78 Å². The van der Waals surface area contributed by atoms with Crippen molar-refractivity contribution in [2.75, 3.05) is 17.2 Å². The van der Waals surface area contributed by atoms with E-state index in [1.165, 1.54) is 15.7 Å². The van der Waals surface area contributed by atoms with Crippen molar-refractivity contribution in [2.45, 2.75) is 39.7 Å². The number of H-pyrrole nitrogens is 1. The minimum Gasteiger partial charge on any atom is -0.444 e. The van der Waals surface area contributed by atoms with Crippen LogP contribution in [0.1, 0.15) is 32.4 Å². The zero-order valence-corrected chi connectivity index (χ0v) is 17.1. The largest absolute Gasteiger partial charge is 0.444 e. The van der Waals surface area contributed by atoms with E-state index in [2.05, 4.69) is 9.97 Å². The molecule has 9 nitrogen and oxygen atoms in total. The van der Waals surface area contributed by atoms with E-state index in [9.17, 15) is 14.4 Å². The van der Waals surface area contributed by atoms with Crippen molar-refractivity contribution in [1.82, 2.24) is 14.5 Å². The van der Waals surface area contributed by atoms with E-state index in [1.54, 1.807) is 6.92 Å². The van der Waals surface area contributed by atoms with Crippen molar-refractivity contribution in [3.8, 4) is 11.5 Å². The van der Waals surface area contributed by atoms with Gasteiger partial charge >= 0.3 is 5.69 Å². The molecule has 3 N–H and O–H groups in total. The summed E-state index contributed by atoms with van der Waals surface area (Å²) in [5, 5.41) is 0. The molecule has 158 valence electrons. The van der Waals surface area contributed by atoms with Crippen LogP contribution < -0.4 is 21.9 Å². The van der Waals surface area contributed by atoms with E-state index in [4.69, 9.17) is 10.2 Å². The van der Waals surface area contributed by atoms with Gasteiger partial charge in [-0.1, -0.05) is 31.5 Å².